The van der Waals surface area contributed by atoms with Crippen molar-refractivity contribution in [2.45, 2.75) is 58.4 Å². The number of carbonyl (C=O) groups excluding carboxylic acids is 2. The molecular formula is C20H28N2O3. The lowest BCUT2D eigenvalue weighted by atomic mass is 10.1. The number of nitrogens with one attached hydrogen (secondary N) is 2. The van der Waals surface area contributed by atoms with Crippen LogP contribution in [0.5, 0.6) is 0 Å². The number of esters is 1. The van der Waals surface area contributed by atoms with E-state index >= 15 is 0 Å². The number of unbranched alkanes of at least 4 members (excludes halogenated alkanes) is 2. The summed E-state index contributed by atoms with van der Waals surface area (Å²) in [5, 5.41) is 3.99. The van der Waals surface area contributed by atoms with Crippen molar-refractivity contribution >= 4 is 22.8 Å². The van der Waals surface area contributed by atoms with Gasteiger partial charge in [0.2, 0.25) is 0 Å². The second kappa shape index (κ2) is 9.87. The standard InChI is InChI=1S/C20H28N2O3/c1-3-4-5-8-15(2)22-19(23)14-25-20(24)12-11-16-13-21-18-10-7-6-9-17(16)18/h6-7,9-10,13,15,21H,3-5,8,11-12,14H2,1-2H3,(H,22,23)/t15-/m0/s1. The van der Waals surface area contributed by atoms with E-state index in [1.807, 2.05) is 37.4 Å². The largest absolute Gasteiger partial charge is 0.456 e. The fraction of sp³-hybridized carbons (Fsp3) is 0.500. The Kier molecular flexibility index (Phi) is 7.51. The number of aryl methyl sites for hydroxylation is 1. The van der Waals surface area contributed by atoms with Gasteiger partial charge in [-0.3, -0.25) is 9.59 Å². The molecule has 0 aliphatic rings. The fourth-order valence-electron chi connectivity index (χ4n) is 2.88. The first-order chi connectivity index (χ1) is 12.1. The van der Waals surface area contributed by atoms with Gasteiger partial charge in [-0.05, 0) is 31.4 Å². The third-order valence-corrected chi connectivity index (χ3v) is 4.29. The van der Waals surface area contributed by atoms with Crippen molar-refractivity contribution in [3.8, 4) is 0 Å². The number of H-pyrrole nitrogens is 1. The normalized spacial score (nSPS) is 12.1. The summed E-state index contributed by atoms with van der Waals surface area (Å²) in [6, 6.07) is 8.09. The number of fused-ring (bicyclic) bond motifs is 1. The summed E-state index contributed by atoms with van der Waals surface area (Å²) >= 11 is 0. The van der Waals surface area contributed by atoms with Gasteiger partial charge in [-0.2, -0.15) is 0 Å². The molecule has 5 nitrogen and oxygen atoms in total. The van der Waals surface area contributed by atoms with Crippen molar-refractivity contribution < 1.29 is 14.3 Å². The predicted octanol–water partition coefficient (Wildman–Crippen LogP) is 3.73. The molecule has 1 aromatic heterocycles. The fourth-order valence-corrected chi connectivity index (χ4v) is 2.88. The molecule has 136 valence electrons. The van der Waals surface area contributed by atoms with Gasteiger partial charge in [-0.1, -0.05) is 44.4 Å². The van der Waals surface area contributed by atoms with E-state index in [1.54, 1.807) is 0 Å². The highest BCUT2D eigenvalue weighted by Gasteiger charge is 2.11. The molecule has 2 N–H and O–H groups in total. The predicted molar refractivity (Wildman–Crippen MR) is 99.3 cm³/mol. The second-order valence-electron chi connectivity index (χ2n) is 6.48. The molecule has 0 bridgehead atoms. The highest BCUT2D eigenvalue weighted by Crippen LogP contribution is 2.19. The first-order valence-corrected chi connectivity index (χ1v) is 9.10. The maximum absolute atomic E-state index is 11.9. The van der Waals surface area contributed by atoms with E-state index in [2.05, 4.69) is 17.2 Å². The molecule has 2 rings (SSSR count). The molecule has 2 aromatic rings. The molecule has 1 heterocycles. The molecule has 5 heteroatoms. The number of rotatable bonds is 10. The van der Waals surface area contributed by atoms with Gasteiger partial charge >= 0.3 is 5.97 Å². The lowest BCUT2D eigenvalue weighted by molar-refractivity contribution is -0.148. The summed E-state index contributed by atoms with van der Waals surface area (Å²) in [7, 11) is 0. The Morgan fingerprint density at radius 3 is 2.84 bits per heavy atom. The molecule has 1 amide bonds. The molecule has 1 aromatic carbocycles. The summed E-state index contributed by atoms with van der Waals surface area (Å²) in [6.45, 7) is 3.93. The van der Waals surface area contributed by atoms with E-state index in [4.69, 9.17) is 4.74 Å². The minimum atomic E-state index is -0.348. The number of aromatic amines is 1. The number of carbonyl (C=O) groups is 2. The Labute approximate surface area is 149 Å². The van der Waals surface area contributed by atoms with Gasteiger partial charge in [0, 0.05) is 29.6 Å². The van der Waals surface area contributed by atoms with Gasteiger partial charge in [0.1, 0.15) is 0 Å². The first kappa shape index (κ1) is 19.0. The Balaban J connectivity index is 1.67. The first-order valence-electron chi connectivity index (χ1n) is 9.10. The van der Waals surface area contributed by atoms with E-state index in [0.29, 0.717) is 6.42 Å². The van der Waals surface area contributed by atoms with Crippen LogP contribution in [0.25, 0.3) is 10.9 Å². The Hall–Kier alpha value is -2.30. The molecule has 0 unspecified atom stereocenters. The van der Waals surface area contributed by atoms with Crippen molar-refractivity contribution in [3.63, 3.8) is 0 Å². The van der Waals surface area contributed by atoms with Crippen LogP contribution in [0.15, 0.2) is 30.5 Å². The molecule has 0 saturated heterocycles. The molecule has 1 atom stereocenters. The number of aromatic nitrogens is 1. The summed E-state index contributed by atoms with van der Waals surface area (Å²) in [4.78, 5) is 26.9. The minimum absolute atomic E-state index is 0.115. The van der Waals surface area contributed by atoms with Crippen LogP contribution in [0.4, 0.5) is 0 Å². The van der Waals surface area contributed by atoms with E-state index in [0.717, 1.165) is 35.7 Å². The van der Waals surface area contributed by atoms with Gasteiger partial charge in [-0.15, -0.1) is 0 Å². The zero-order valence-electron chi connectivity index (χ0n) is 15.1. The van der Waals surface area contributed by atoms with E-state index < -0.39 is 0 Å². The maximum atomic E-state index is 11.9. The summed E-state index contributed by atoms with van der Waals surface area (Å²) in [5.74, 6) is -0.580. The Bertz CT molecular complexity index is 693. The molecule has 0 radical (unpaired) electrons. The highest BCUT2D eigenvalue weighted by atomic mass is 16.5. The Morgan fingerprint density at radius 1 is 1.24 bits per heavy atom. The van der Waals surface area contributed by atoms with Crippen LogP contribution in [0, 0.1) is 0 Å². The third-order valence-electron chi connectivity index (χ3n) is 4.29. The number of para-hydroxylation sites is 1. The van der Waals surface area contributed by atoms with Crippen LogP contribution in [0.2, 0.25) is 0 Å². The quantitative estimate of drug-likeness (QED) is 0.509. The van der Waals surface area contributed by atoms with Crippen molar-refractivity contribution in [1.29, 1.82) is 0 Å². The van der Waals surface area contributed by atoms with Gasteiger partial charge in [-0.25, -0.2) is 0 Å². The Morgan fingerprint density at radius 2 is 2.04 bits per heavy atom. The van der Waals surface area contributed by atoms with Crippen LogP contribution in [0.1, 0.15) is 51.5 Å². The highest BCUT2D eigenvalue weighted by molar-refractivity contribution is 5.84. The number of ether oxygens (including phenoxy) is 1. The van der Waals surface area contributed by atoms with Crippen molar-refractivity contribution in [2.75, 3.05) is 6.61 Å². The molecular weight excluding hydrogens is 316 g/mol. The van der Waals surface area contributed by atoms with E-state index in [9.17, 15) is 9.59 Å². The number of benzene rings is 1. The zero-order valence-corrected chi connectivity index (χ0v) is 15.1. The molecule has 0 spiro atoms. The minimum Gasteiger partial charge on any atom is -0.456 e. The molecule has 0 fully saturated rings. The lowest BCUT2D eigenvalue weighted by Gasteiger charge is -2.13. The van der Waals surface area contributed by atoms with Crippen LogP contribution < -0.4 is 5.32 Å². The van der Waals surface area contributed by atoms with Crippen LogP contribution in [-0.2, 0) is 20.7 Å². The number of hydrogen-bond donors (Lipinski definition) is 2. The van der Waals surface area contributed by atoms with E-state index in [-0.39, 0.29) is 30.9 Å². The van der Waals surface area contributed by atoms with Crippen LogP contribution in [-0.4, -0.2) is 29.5 Å². The van der Waals surface area contributed by atoms with E-state index in [1.165, 1.54) is 6.42 Å². The average molecular weight is 344 g/mol. The van der Waals surface area contributed by atoms with Crippen LogP contribution in [0.3, 0.4) is 0 Å². The zero-order chi connectivity index (χ0) is 18.1. The van der Waals surface area contributed by atoms with Crippen molar-refractivity contribution in [2.24, 2.45) is 0 Å². The summed E-state index contributed by atoms with van der Waals surface area (Å²) in [6.07, 6.45) is 7.16. The van der Waals surface area contributed by atoms with Crippen molar-refractivity contribution in [1.82, 2.24) is 10.3 Å². The average Bonchev–Trinajstić information content (AvgIpc) is 3.01. The smallest absolute Gasteiger partial charge is 0.306 e. The summed E-state index contributed by atoms with van der Waals surface area (Å²) in [5.41, 5.74) is 2.14. The monoisotopic (exact) mass is 344 g/mol. The topological polar surface area (TPSA) is 71.2 Å². The third kappa shape index (κ3) is 6.25. The van der Waals surface area contributed by atoms with Gasteiger partial charge in [0.25, 0.3) is 5.91 Å². The second-order valence-corrected chi connectivity index (χ2v) is 6.48. The lowest BCUT2D eigenvalue weighted by Crippen LogP contribution is -2.35. The molecule has 0 aliphatic heterocycles. The van der Waals surface area contributed by atoms with Crippen molar-refractivity contribution in [3.05, 3.63) is 36.0 Å². The molecule has 0 saturated carbocycles. The molecule has 0 aliphatic carbocycles. The van der Waals surface area contributed by atoms with Gasteiger partial charge < -0.3 is 15.0 Å². The SMILES string of the molecule is CCCCC[C@H](C)NC(=O)COC(=O)CCc1c[nH]c2ccccc12. The van der Waals surface area contributed by atoms with Gasteiger partial charge in [0.15, 0.2) is 6.61 Å². The number of hydrogen-bond acceptors (Lipinski definition) is 3. The number of amides is 1. The van der Waals surface area contributed by atoms with Crippen LogP contribution >= 0.6 is 0 Å². The van der Waals surface area contributed by atoms with Gasteiger partial charge in [0.05, 0.1) is 0 Å². The molecule has 25 heavy (non-hydrogen) atoms. The summed E-state index contributed by atoms with van der Waals surface area (Å²) < 4.78 is 5.08. The maximum Gasteiger partial charge on any atom is 0.306 e.